The van der Waals surface area contributed by atoms with Gasteiger partial charge >= 0.3 is 5.97 Å². The molecular weight excluding hydrogens is 282 g/mol. The van der Waals surface area contributed by atoms with Gasteiger partial charge in [-0.25, -0.2) is 4.79 Å². The molecule has 2 heterocycles. The maximum absolute atomic E-state index is 12.3. The number of benzene rings is 1. The average molecular weight is 299 g/mol. The molecule has 0 saturated carbocycles. The van der Waals surface area contributed by atoms with Gasteiger partial charge in [0.15, 0.2) is 0 Å². The highest BCUT2D eigenvalue weighted by atomic mass is 16.4. The number of carboxylic acid groups (broad SMARTS) is 1. The highest BCUT2D eigenvalue weighted by Crippen LogP contribution is 2.21. The minimum Gasteiger partial charge on any atom is -0.478 e. The molecule has 1 aromatic carbocycles. The molecule has 1 aromatic heterocycles. The van der Waals surface area contributed by atoms with E-state index in [1.54, 1.807) is 29.6 Å². The summed E-state index contributed by atoms with van der Waals surface area (Å²) in [5.74, 6) is -0.848. The van der Waals surface area contributed by atoms with E-state index in [1.165, 1.54) is 0 Å². The van der Waals surface area contributed by atoms with Gasteiger partial charge in [0.05, 0.1) is 18.1 Å². The number of hydrogen-bond acceptors (Lipinski definition) is 3. The minimum absolute atomic E-state index is 0.0904. The van der Waals surface area contributed by atoms with Crippen LogP contribution < -0.4 is 0 Å². The second-order valence-corrected chi connectivity index (χ2v) is 5.49. The molecule has 1 amide bonds. The summed E-state index contributed by atoms with van der Waals surface area (Å²) in [7, 11) is 0. The molecule has 3 rings (SSSR count). The first-order chi connectivity index (χ1) is 10.6. The van der Waals surface area contributed by atoms with Crippen molar-refractivity contribution in [2.75, 3.05) is 6.54 Å². The van der Waals surface area contributed by atoms with Crippen LogP contribution in [0.2, 0.25) is 0 Å². The van der Waals surface area contributed by atoms with Gasteiger partial charge in [-0.3, -0.25) is 4.79 Å². The number of rotatable bonds is 4. The Morgan fingerprint density at radius 1 is 1.23 bits per heavy atom. The molecule has 0 bridgehead atoms. The highest BCUT2D eigenvalue weighted by molar-refractivity contribution is 5.88. The summed E-state index contributed by atoms with van der Waals surface area (Å²) >= 11 is 0. The van der Waals surface area contributed by atoms with E-state index in [4.69, 9.17) is 9.52 Å². The predicted molar refractivity (Wildman–Crippen MR) is 79.6 cm³/mol. The van der Waals surface area contributed by atoms with Crippen molar-refractivity contribution in [3.63, 3.8) is 0 Å². The Labute approximate surface area is 128 Å². The molecule has 0 fully saturated rings. The normalized spacial score (nSPS) is 13.7. The molecule has 1 N–H and O–H groups in total. The van der Waals surface area contributed by atoms with Gasteiger partial charge in [-0.1, -0.05) is 6.07 Å². The number of furan rings is 1. The molecule has 5 nitrogen and oxygen atoms in total. The molecular formula is C17H17NO4. The van der Waals surface area contributed by atoms with Gasteiger partial charge in [-0.15, -0.1) is 0 Å². The number of amides is 1. The Morgan fingerprint density at radius 2 is 2.09 bits per heavy atom. The molecule has 0 saturated heterocycles. The summed E-state index contributed by atoms with van der Waals surface area (Å²) < 4.78 is 4.99. The molecule has 2 aromatic rings. The van der Waals surface area contributed by atoms with Crippen molar-refractivity contribution in [3.05, 3.63) is 59.0 Å². The number of aryl methyl sites for hydroxylation is 1. The zero-order chi connectivity index (χ0) is 15.5. The van der Waals surface area contributed by atoms with E-state index >= 15 is 0 Å². The number of carbonyl (C=O) groups is 2. The van der Waals surface area contributed by atoms with Gasteiger partial charge in [-0.05, 0) is 47.7 Å². The van der Waals surface area contributed by atoms with Gasteiger partial charge < -0.3 is 14.4 Å². The van der Waals surface area contributed by atoms with Crippen molar-refractivity contribution in [2.45, 2.75) is 25.8 Å². The first kappa shape index (κ1) is 14.4. The fourth-order valence-electron chi connectivity index (χ4n) is 2.75. The molecule has 0 aliphatic carbocycles. The van der Waals surface area contributed by atoms with Gasteiger partial charge in [0, 0.05) is 19.5 Å². The monoisotopic (exact) mass is 299 g/mol. The summed E-state index contributed by atoms with van der Waals surface area (Å²) in [5, 5.41) is 9.06. The highest BCUT2D eigenvalue weighted by Gasteiger charge is 2.21. The van der Waals surface area contributed by atoms with Crippen LogP contribution in [0.1, 0.15) is 33.5 Å². The predicted octanol–water partition coefficient (Wildman–Crippen LogP) is 2.50. The molecule has 5 heteroatoms. The van der Waals surface area contributed by atoms with Crippen molar-refractivity contribution in [1.82, 2.24) is 4.90 Å². The smallest absolute Gasteiger partial charge is 0.335 e. The Bertz CT molecular complexity index is 691. The van der Waals surface area contributed by atoms with Gasteiger partial charge in [0.1, 0.15) is 0 Å². The van der Waals surface area contributed by atoms with Crippen molar-refractivity contribution in [3.8, 4) is 0 Å². The fourth-order valence-corrected chi connectivity index (χ4v) is 2.75. The first-order valence-electron chi connectivity index (χ1n) is 7.27. The Balaban J connectivity index is 1.66. The number of carbonyl (C=O) groups excluding carboxylic acids is 1. The second kappa shape index (κ2) is 6.05. The lowest BCUT2D eigenvalue weighted by Gasteiger charge is -2.29. The minimum atomic E-state index is -0.939. The molecule has 1 aliphatic heterocycles. The zero-order valence-electron chi connectivity index (χ0n) is 12.1. The van der Waals surface area contributed by atoms with E-state index in [-0.39, 0.29) is 11.5 Å². The fraction of sp³-hybridized carbons (Fsp3) is 0.294. The topological polar surface area (TPSA) is 70.8 Å². The second-order valence-electron chi connectivity index (χ2n) is 5.49. The van der Waals surface area contributed by atoms with Crippen molar-refractivity contribution in [2.24, 2.45) is 0 Å². The van der Waals surface area contributed by atoms with Crippen LogP contribution in [0.5, 0.6) is 0 Å². The summed E-state index contributed by atoms with van der Waals surface area (Å²) in [6.45, 7) is 1.17. The summed E-state index contributed by atoms with van der Waals surface area (Å²) in [5.41, 5.74) is 3.34. The molecule has 22 heavy (non-hydrogen) atoms. The largest absolute Gasteiger partial charge is 0.478 e. The lowest BCUT2D eigenvalue weighted by molar-refractivity contribution is -0.132. The number of fused-ring (bicyclic) bond motifs is 1. The van der Waals surface area contributed by atoms with E-state index < -0.39 is 5.97 Å². The molecule has 0 unspecified atom stereocenters. The van der Waals surface area contributed by atoms with Crippen molar-refractivity contribution in [1.29, 1.82) is 0 Å². The average Bonchev–Trinajstić information content (AvgIpc) is 3.04. The third-order valence-corrected chi connectivity index (χ3v) is 4.03. The summed E-state index contributed by atoms with van der Waals surface area (Å²) in [6.07, 6.45) is 5.12. The van der Waals surface area contributed by atoms with Gasteiger partial charge in [0.2, 0.25) is 5.91 Å². The maximum Gasteiger partial charge on any atom is 0.335 e. The number of nitrogens with zero attached hydrogens (tertiary/aromatic N) is 1. The van der Waals surface area contributed by atoms with E-state index in [2.05, 4.69) is 0 Å². The van der Waals surface area contributed by atoms with E-state index in [9.17, 15) is 9.59 Å². The quantitative estimate of drug-likeness (QED) is 0.941. The van der Waals surface area contributed by atoms with Crippen LogP contribution in [0.3, 0.4) is 0 Å². The molecule has 0 spiro atoms. The third-order valence-electron chi connectivity index (χ3n) is 4.03. The Hall–Kier alpha value is -2.56. The van der Waals surface area contributed by atoms with Gasteiger partial charge in [-0.2, -0.15) is 0 Å². The van der Waals surface area contributed by atoms with E-state index in [0.29, 0.717) is 25.9 Å². The standard InChI is InChI=1S/C17H17NO4/c19-16(4-1-12-6-8-22-11-12)18-7-5-13-2-3-14(17(20)21)9-15(13)10-18/h2-3,6,8-9,11H,1,4-5,7,10H2,(H,20,21). The molecule has 1 aliphatic rings. The Kier molecular flexibility index (Phi) is 3.96. The van der Waals surface area contributed by atoms with Crippen molar-refractivity contribution >= 4 is 11.9 Å². The number of aromatic carboxylic acids is 1. The summed E-state index contributed by atoms with van der Waals surface area (Å²) in [4.78, 5) is 25.1. The molecule has 0 radical (unpaired) electrons. The van der Waals surface area contributed by atoms with Crippen LogP contribution in [-0.2, 0) is 24.2 Å². The van der Waals surface area contributed by atoms with Crippen LogP contribution in [-0.4, -0.2) is 28.4 Å². The van der Waals surface area contributed by atoms with Crippen LogP contribution in [0.25, 0.3) is 0 Å². The van der Waals surface area contributed by atoms with Crippen molar-refractivity contribution < 1.29 is 19.1 Å². The van der Waals surface area contributed by atoms with Crippen LogP contribution in [0.15, 0.2) is 41.2 Å². The summed E-state index contributed by atoms with van der Waals surface area (Å²) in [6, 6.07) is 7.01. The SMILES string of the molecule is O=C(O)c1ccc2c(c1)CN(C(=O)CCc1ccoc1)CC2. The zero-order valence-corrected chi connectivity index (χ0v) is 12.1. The van der Waals surface area contributed by atoms with E-state index in [0.717, 1.165) is 23.1 Å². The first-order valence-corrected chi connectivity index (χ1v) is 7.27. The Morgan fingerprint density at radius 3 is 2.82 bits per heavy atom. The molecule has 0 atom stereocenters. The van der Waals surface area contributed by atoms with E-state index in [1.807, 2.05) is 12.1 Å². The third kappa shape index (κ3) is 3.03. The molecule has 114 valence electrons. The van der Waals surface area contributed by atoms with Crippen LogP contribution in [0.4, 0.5) is 0 Å². The lowest BCUT2D eigenvalue weighted by Crippen LogP contribution is -2.36. The van der Waals surface area contributed by atoms with Crippen LogP contribution >= 0.6 is 0 Å². The maximum atomic E-state index is 12.3. The number of carboxylic acids is 1. The lowest BCUT2D eigenvalue weighted by atomic mass is 9.97. The van der Waals surface area contributed by atoms with Gasteiger partial charge in [0.25, 0.3) is 0 Å². The van der Waals surface area contributed by atoms with Crippen LogP contribution in [0, 0.1) is 0 Å². The number of hydrogen-bond donors (Lipinski definition) is 1.